The third-order valence-corrected chi connectivity index (χ3v) is 7.08. The van der Waals surface area contributed by atoms with Gasteiger partial charge in [-0.15, -0.1) is 0 Å². The second-order valence-electron chi connectivity index (χ2n) is 7.64. The number of benzene rings is 1. The zero-order chi connectivity index (χ0) is 18.1. The lowest BCUT2D eigenvalue weighted by Crippen LogP contribution is -2.56. The van der Waals surface area contributed by atoms with Gasteiger partial charge in [-0.25, -0.2) is 4.21 Å². The maximum atomic E-state index is 12.8. The van der Waals surface area contributed by atoms with Crippen LogP contribution < -0.4 is 0 Å². The molecule has 1 spiro atoms. The first-order chi connectivity index (χ1) is 11.8. The molecule has 2 aliphatic heterocycles. The molecule has 0 radical (unpaired) electrons. The van der Waals surface area contributed by atoms with Crippen LogP contribution in [0.25, 0.3) is 0 Å². The van der Waals surface area contributed by atoms with E-state index in [-0.39, 0.29) is 5.91 Å². The Morgan fingerprint density at radius 2 is 2.08 bits per heavy atom. The largest absolute Gasteiger partial charge is 0.371 e. The van der Waals surface area contributed by atoms with E-state index in [0.29, 0.717) is 56.4 Å². The average molecular weight is 365 g/mol. The van der Waals surface area contributed by atoms with Gasteiger partial charge in [0.15, 0.2) is 0 Å². The molecular formula is C19H28N2O3S. The molecule has 2 aliphatic rings. The van der Waals surface area contributed by atoms with Crippen LogP contribution in [0.2, 0.25) is 0 Å². The molecule has 138 valence electrons. The number of rotatable bonds is 3. The van der Waals surface area contributed by atoms with Crippen molar-refractivity contribution in [1.82, 2.24) is 4.90 Å². The number of hydrogen-bond acceptors (Lipinski definition) is 4. The lowest BCUT2D eigenvalue weighted by molar-refractivity contribution is -0.151. The summed E-state index contributed by atoms with van der Waals surface area (Å²) >= 11 is 0. The van der Waals surface area contributed by atoms with Gasteiger partial charge in [0, 0.05) is 34.3 Å². The van der Waals surface area contributed by atoms with E-state index >= 15 is 0 Å². The standard InChI is InChI=1S/C19H28N2O3S/c1-15(2)17-5-3-4-16(12-17)13-18(22)21-8-9-24-19(14-21)6-10-25(20,23)11-7-19/h3-5,12,15,20H,6-11,13-14H2,1-2H3. The van der Waals surface area contributed by atoms with Gasteiger partial charge in [0.1, 0.15) is 0 Å². The summed E-state index contributed by atoms with van der Waals surface area (Å²) in [5.74, 6) is 1.33. The fourth-order valence-corrected chi connectivity index (χ4v) is 5.25. The first-order valence-corrected chi connectivity index (χ1v) is 10.9. The Balaban J connectivity index is 1.65. The third kappa shape index (κ3) is 4.42. The van der Waals surface area contributed by atoms with Gasteiger partial charge >= 0.3 is 0 Å². The molecule has 1 aromatic rings. The minimum absolute atomic E-state index is 0.126. The zero-order valence-electron chi connectivity index (χ0n) is 15.1. The smallest absolute Gasteiger partial charge is 0.227 e. The first-order valence-electron chi connectivity index (χ1n) is 9.03. The van der Waals surface area contributed by atoms with E-state index in [0.717, 1.165) is 5.56 Å². The molecule has 6 heteroatoms. The van der Waals surface area contributed by atoms with E-state index in [1.54, 1.807) is 0 Å². The van der Waals surface area contributed by atoms with Gasteiger partial charge < -0.3 is 9.64 Å². The number of ether oxygens (including phenoxy) is 1. The zero-order valence-corrected chi connectivity index (χ0v) is 15.9. The molecule has 25 heavy (non-hydrogen) atoms. The van der Waals surface area contributed by atoms with Gasteiger partial charge in [0.05, 0.1) is 18.6 Å². The van der Waals surface area contributed by atoms with Crippen LogP contribution in [0.15, 0.2) is 24.3 Å². The number of morpholine rings is 1. The molecule has 1 amide bonds. The van der Waals surface area contributed by atoms with Crippen LogP contribution in [0.3, 0.4) is 0 Å². The average Bonchev–Trinajstić information content (AvgIpc) is 2.58. The van der Waals surface area contributed by atoms with E-state index in [2.05, 4.69) is 26.0 Å². The Kier molecular flexibility index (Phi) is 5.21. The number of hydrogen-bond donors (Lipinski definition) is 1. The number of amides is 1. The maximum absolute atomic E-state index is 12.8. The monoisotopic (exact) mass is 364 g/mol. The molecule has 0 aliphatic carbocycles. The highest BCUT2D eigenvalue weighted by Gasteiger charge is 2.41. The van der Waals surface area contributed by atoms with Crippen LogP contribution in [0.1, 0.15) is 43.7 Å². The summed E-state index contributed by atoms with van der Waals surface area (Å²) in [5.41, 5.74) is 1.91. The van der Waals surface area contributed by atoms with Gasteiger partial charge in [-0.3, -0.25) is 9.57 Å². The number of nitrogens with zero attached hydrogens (tertiary/aromatic N) is 1. The summed E-state index contributed by atoms with van der Waals surface area (Å²) in [6.07, 6.45) is 1.63. The summed E-state index contributed by atoms with van der Waals surface area (Å²) in [6.45, 7) is 6.00. The summed E-state index contributed by atoms with van der Waals surface area (Å²) in [6, 6.07) is 8.25. The summed E-state index contributed by atoms with van der Waals surface area (Å²) < 4.78 is 25.6. The van der Waals surface area contributed by atoms with Crippen molar-refractivity contribution in [2.24, 2.45) is 0 Å². The van der Waals surface area contributed by atoms with Crippen molar-refractivity contribution in [3.8, 4) is 0 Å². The topological polar surface area (TPSA) is 70.5 Å². The van der Waals surface area contributed by atoms with Crippen LogP contribution in [0, 0.1) is 4.78 Å². The molecule has 3 rings (SSSR count). The molecule has 5 nitrogen and oxygen atoms in total. The quantitative estimate of drug-likeness (QED) is 0.896. The van der Waals surface area contributed by atoms with Crippen LogP contribution in [0.5, 0.6) is 0 Å². The molecule has 0 unspecified atom stereocenters. The summed E-state index contributed by atoms with van der Waals surface area (Å²) in [5, 5.41) is 0. The molecule has 1 aromatic carbocycles. The lowest BCUT2D eigenvalue weighted by Gasteiger charge is -2.45. The molecular weight excluding hydrogens is 336 g/mol. The highest BCUT2D eigenvalue weighted by Crippen LogP contribution is 2.31. The van der Waals surface area contributed by atoms with Gasteiger partial charge in [-0.2, -0.15) is 0 Å². The van der Waals surface area contributed by atoms with E-state index < -0.39 is 15.3 Å². The van der Waals surface area contributed by atoms with E-state index in [4.69, 9.17) is 9.52 Å². The van der Waals surface area contributed by atoms with Crippen LogP contribution in [-0.4, -0.2) is 51.8 Å². The van der Waals surface area contributed by atoms with Gasteiger partial charge in [-0.05, 0) is 29.9 Å². The lowest BCUT2D eigenvalue weighted by atomic mass is 9.93. The van der Waals surface area contributed by atoms with E-state index in [1.807, 2.05) is 17.0 Å². The van der Waals surface area contributed by atoms with Gasteiger partial charge in [0.25, 0.3) is 0 Å². The number of carbonyl (C=O) groups excluding carboxylic acids is 1. The summed E-state index contributed by atoms with van der Waals surface area (Å²) in [7, 11) is -2.44. The Morgan fingerprint density at radius 3 is 2.76 bits per heavy atom. The molecule has 0 atom stereocenters. The van der Waals surface area contributed by atoms with Crippen molar-refractivity contribution >= 4 is 15.6 Å². The van der Waals surface area contributed by atoms with Crippen molar-refractivity contribution in [3.63, 3.8) is 0 Å². The van der Waals surface area contributed by atoms with Crippen LogP contribution in [0.4, 0.5) is 0 Å². The Hall–Kier alpha value is -1.40. The van der Waals surface area contributed by atoms with Gasteiger partial charge in [-0.1, -0.05) is 38.1 Å². The number of nitrogens with one attached hydrogen (secondary N) is 1. The van der Waals surface area contributed by atoms with E-state index in [1.165, 1.54) is 5.56 Å². The SMILES string of the molecule is CC(C)c1cccc(CC(=O)N2CCOC3(CCS(=N)(=O)CC3)C2)c1. The second-order valence-corrected chi connectivity index (χ2v) is 10.1. The predicted octanol–water partition coefficient (Wildman–Crippen LogP) is 2.79. The van der Waals surface area contributed by atoms with Crippen LogP contribution in [-0.2, 0) is 25.7 Å². The van der Waals surface area contributed by atoms with Crippen molar-refractivity contribution in [1.29, 1.82) is 4.78 Å². The molecule has 2 heterocycles. The highest BCUT2D eigenvalue weighted by atomic mass is 32.2. The van der Waals surface area contributed by atoms with Crippen molar-refractivity contribution in [2.75, 3.05) is 31.2 Å². The van der Waals surface area contributed by atoms with Crippen molar-refractivity contribution in [2.45, 2.75) is 44.6 Å². The molecule has 2 fully saturated rings. The Bertz CT molecular complexity index is 729. The maximum Gasteiger partial charge on any atom is 0.227 e. The minimum Gasteiger partial charge on any atom is -0.371 e. The van der Waals surface area contributed by atoms with Crippen molar-refractivity contribution < 1.29 is 13.7 Å². The Labute approximate surface area is 150 Å². The normalized spacial score (nSPS) is 30.0. The molecule has 2 saturated heterocycles. The van der Waals surface area contributed by atoms with Crippen molar-refractivity contribution in [3.05, 3.63) is 35.4 Å². The highest BCUT2D eigenvalue weighted by molar-refractivity contribution is 7.92. The molecule has 1 N–H and O–H groups in total. The van der Waals surface area contributed by atoms with Gasteiger partial charge in [0.2, 0.25) is 5.91 Å². The molecule has 0 saturated carbocycles. The van der Waals surface area contributed by atoms with E-state index in [9.17, 15) is 9.00 Å². The fourth-order valence-electron chi connectivity index (χ4n) is 3.64. The Morgan fingerprint density at radius 1 is 1.36 bits per heavy atom. The number of carbonyl (C=O) groups is 1. The summed E-state index contributed by atoms with van der Waals surface area (Å²) in [4.78, 5) is 14.7. The minimum atomic E-state index is -2.44. The first kappa shape index (κ1) is 18.4. The van der Waals surface area contributed by atoms with Crippen LogP contribution >= 0.6 is 0 Å². The molecule has 0 aromatic heterocycles. The third-order valence-electron chi connectivity index (χ3n) is 5.35. The fraction of sp³-hybridized carbons (Fsp3) is 0.632. The predicted molar refractivity (Wildman–Crippen MR) is 99.3 cm³/mol. The second kappa shape index (κ2) is 7.08. The molecule has 0 bridgehead atoms.